The summed E-state index contributed by atoms with van der Waals surface area (Å²) >= 11 is 0. The zero-order valence-corrected chi connectivity index (χ0v) is 67.1. The molecule has 3 aliphatic heterocycles. The van der Waals surface area contributed by atoms with E-state index in [1.54, 1.807) is 68.9 Å². The summed E-state index contributed by atoms with van der Waals surface area (Å²) in [4.78, 5) is 41.7. The van der Waals surface area contributed by atoms with Crippen molar-refractivity contribution in [1.82, 2.24) is 54.1 Å². The number of carbonyl (C=O) groups is 2. The van der Waals surface area contributed by atoms with Gasteiger partial charge < -0.3 is 23.0 Å². The summed E-state index contributed by atoms with van der Waals surface area (Å²) in [5.74, 6) is 17.8. The predicted octanol–water partition coefficient (Wildman–Crippen LogP) is 13.5. The molecule has 1 saturated heterocycles. The van der Waals surface area contributed by atoms with E-state index < -0.39 is 27.4 Å². The Hall–Kier alpha value is -5.97. The molecule has 0 saturated carbocycles. The molecule has 520 valence electrons. The Morgan fingerprint density at radius 2 is 0.990 bits per heavy atom. The maximum atomic E-state index is 12.4. The summed E-state index contributed by atoms with van der Waals surface area (Å²) in [7, 11) is 11.0. The van der Waals surface area contributed by atoms with Gasteiger partial charge in [-0.15, -0.1) is 51.5 Å². The normalized spacial score (nSPS) is 14.2. The van der Waals surface area contributed by atoms with Gasteiger partial charge in [0.2, 0.25) is 5.88 Å². The molecule has 0 aromatic carbocycles. The van der Waals surface area contributed by atoms with Crippen LogP contribution >= 0.6 is 54.1 Å². The van der Waals surface area contributed by atoms with Gasteiger partial charge in [0.25, 0.3) is 0 Å². The number of rotatable bonds is 6. The molecule has 2 amide bonds. The lowest BCUT2D eigenvalue weighted by molar-refractivity contribution is 0.00578. The van der Waals surface area contributed by atoms with Crippen molar-refractivity contribution in [3.63, 3.8) is 0 Å². The Morgan fingerprint density at radius 1 is 0.625 bits per heavy atom. The molecular weight excluding hydrogens is 1350 g/mol. The van der Waals surface area contributed by atoms with E-state index in [1.807, 2.05) is 113 Å². The Kier molecular flexibility index (Phi) is 32.3. The van der Waals surface area contributed by atoms with Crippen molar-refractivity contribution in [3.05, 3.63) is 104 Å². The number of hydrogen-bond donors (Lipinski definition) is 0. The zero-order valence-electron chi connectivity index (χ0n) is 60.2. The van der Waals surface area contributed by atoms with Crippen LogP contribution in [0.4, 0.5) is 9.59 Å². The van der Waals surface area contributed by atoms with Crippen molar-refractivity contribution in [3.8, 4) is 76.3 Å². The maximum Gasteiger partial charge on any atom is 0.498 e. The molecule has 4 aliphatic rings. The molecule has 0 bridgehead atoms. The summed E-state index contributed by atoms with van der Waals surface area (Å²) < 4.78 is 55.9. The van der Waals surface area contributed by atoms with Crippen molar-refractivity contribution in [2.45, 2.75) is 199 Å². The minimum absolute atomic E-state index is 0. The highest BCUT2D eigenvalue weighted by Crippen LogP contribution is 2.71. The minimum atomic E-state index is -3.69. The molecule has 20 nitrogen and oxygen atoms in total. The summed E-state index contributed by atoms with van der Waals surface area (Å²) in [5.41, 5.74) is 16.5. The van der Waals surface area contributed by atoms with Gasteiger partial charge in [-0.25, -0.2) is 14.6 Å². The van der Waals surface area contributed by atoms with Crippen LogP contribution in [-0.2, 0) is 89.1 Å². The summed E-state index contributed by atoms with van der Waals surface area (Å²) in [6.45, 7) is 38.3. The largest absolute Gasteiger partial charge is 0.498 e. The highest BCUT2D eigenvalue weighted by molar-refractivity contribution is 8.77. The number of ether oxygens (including phenoxy) is 2. The molecule has 1 aliphatic carbocycles. The number of amides is 2. The number of hydrogen-bond acceptors (Lipinski definition) is 15. The molecule has 6 aromatic rings. The number of carbonyl (C=O) groups excluding carboxylic acids is 2. The highest BCUT2D eigenvalue weighted by atomic mass is 35.5. The van der Waals surface area contributed by atoms with Gasteiger partial charge in [-0.3, -0.25) is 33.8 Å². The van der Waals surface area contributed by atoms with Crippen molar-refractivity contribution in [2.75, 3.05) is 6.26 Å². The number of nitrogens with zero attached hydrogens (tertiary/aromatic N) is 11. The minimum Gasteiger partial charge on any atom is -0.444 e. The average Bonchev–Trinajstić information content (AvgIpc) is 1.65. The third-order valence-corrected chi connectivity index (χ3v) is 27.7. The second-order valence-electron chi connectivity index (χ2n) is 25.8. The first-order valence-electron chi connectivity index (χ1n) is 30.7. The van der Waals surface area contributed by atoms with Crippen molar-refractivity contribution in [1.29, 1.82) is 0 Å². The van der Waals surface area contributed by atoms with Crippen LogP contribution in [0.25, 0.3) is 22.5 Å². The second kappa shape index (κ2) is 36.7. The molecule has 0 spiro atoms. The topological polar surface area (TPSA) is 213 Å². The molecule has 10 rings (SSSR count). The molecule has 4 unspecified atom stereocenters. The third kappa shape index (κ3) is 24.8. The van der Waals surface area contributed by atoms with Gasteiger partial charge in [-0.05, 0) is 220 Å². The van der Waals surface area contributed by atoms with E-state index in [0.717, 1.165) is 82.3 Å². The first-order chi connectivity index (χ1) is 44.1. The van der Waals surface area contributed by atoms with Gasteiger partial charge >= 0.3 is 29.4 Å². The molecule has 96 heavy (non-hydrogen) atoms. The van der Waals surface area contributed by atoms with Gasteiger partial charge in [-0.2, -0.15) is 23.7 Å². The number of aromatic nitrogens is 9. The SMILES string of the molecule is C#CC.CC#CC#CC#CC.Cc1nc(-c2cnn(C)c2)c2c(c1C)CCC2.Cc1nc(-c2cnn(C)c2)c2c(c1C)CN(C(=O)OC(C)(C)C)C2.Cc1nc(OS(C)(=O)=O)c2c(c1C)CN(C(=O)OC(C)(C)C)C2.Cl.Cn1cc(B2OC(C)(C)C(C)(C)O2)cn1.PPP(P)P. The van der Waals surface area contributed by atoms with Crippen LogP contribution in [0.5, 0.6) is 5.88 Å². The fourth-order valence-electron chi connectivity index (χ4n) is 9.79. The van der Waals surface area contributed by atoms with Crippen molar-refractivity contribution < 1.29 is 41.0 Å². The van der Waals surface area contributed by atoms with E-state index in [1.165, 1.54) is 40.0 Å². The van der Waals surface area contributed by atoms with Gasteiger partial charge in [-0.1, -0.05) is 19.8 Å². The third-order valence-electron chi connectivity index (χ3n) is 15.3. The first kappa shape index (κ1) is 84.3. The molecule has 1 fully saturated rings. The first-order valence-corrected chi connectivity index (χ1v) is 40.8. The molecule has 6 aromatic heterocycles. The number of halogens is 1. The fraction of sp³-hybridized carbons (Fsp3) is 0.500. The smallest absolute Gasteiger partial charge is 0.444 e. The van der Waals surface area contributed by atoms with Crippen LogP contribution in [0.2, 0.25) is 0 Å². The summed E-state index contributed by atoms with van der Waals surface area (Å²) in [5, 5.41) is 12.6. The van der Waals surface area contributed by atoms with Gasteiger partial charge in [0.1, 0.15) is 11.2 Å². The molecule has 0 N–H and O–H groups in total. The Labute approximate surface area is 588 Å². The molecular formula is C68H98BClN11O9P5S. The lowest BCUT2D eigenvalue weighted by Crippen LogP contribution is -2.41. The van der Waals surface area contributed by atoms with Gasteiger partial charge in [0, 0.05) is 90.7 Å². The highest BCUT2D eigenvalue weighted by Gasteiger charge is 2.52. The standard InChI is InChI=1S/C18H24N4O2.C15H22N2O5S.C14H17N3.C10H17BN2O2.C8H6.C3H4.ClH.H7P5/c1-11-12(2)20-16(13-7-19-21(6)8-13)15-10-22(9-14(11)15)17(23)24-18(3,4)5;1-9-10(2)16-13(22-23(6,19)20)12-8-17(7-11(9)12)14(18)21-15(3,4)5;1-9-10(2)16-14(11-7-15-17(3)8-11)13-6-4-5-12(9)13;1-9(2)10(3,4)15-11(14-9)8-6-12-13(5)7-8;1-3-5-7-8-6-4-2;1-3-2;;1-4-5(2)3/h7-8H,9-10H2,1-6H3;7-8H2,1-6H3;7-8H,4-6H2,1-3H3;6-7H,1-5H3;1-2H3;1H,2H3;1H;4H,1-3H2. The monoisotopic (exact) mass is 1450 g/mol. The Morgan fingerprint density at radius 3 is 1.36 bits per heavy atom. The summed E-state index contributed by atoms with van der Waals surface area (Å²) in [6.07, 6.45) is 19.9. The van der Waals surface area contributed by atoms with Crippen LogP contribution in [0.1, 0.15) is 164 Å². The van der Waals surface area contributed by atoms with Crippen LogP contribution in [0, 0.1) is 89.4 Å². The lowest BCUT2D eigenvalue weighted by Gasteiger charge is -2.32. The van der Waals surface area contributed by atoms with Gasteiger partial charge in [0.05, 0.1) is 67.4 Å². The van der Waals surface area contributed by atoms with E-state index in [0.29, 0.717) is 30.9 Å². The number of aryl methyl sites for hydroxylation is 6. The van der Waals surface area contributed by atoms with Crippen molar-refractivity contribution >= 4 is 89.0 Å². The predicted molar refractivity (Wildman–Crippen MR) is 404 cm³/mol. The van der Waals surface area contributed by atoms with E-state index in [2.05, 4.69) is 122 Å². The maximum absolute atomic E-state index is 12.4. The number of pyridine rings is 3. The van der Waals surface area contributed by atoms with E-state index >= 15 is 0 Å². The van der Waals surface area contributed by atoms with E-state index in [4.69, 9.17) is 32.9 Å². The Balaban J connectivity index is 0.000000312. The van der Waals surface area contributed by atoms with E-state index in [9.17, 15) is 18.0 Å². The lowest BCUT2D eigenvalue weighted by atomic mass is 9.82. The molecule has 4 atom stereocenters. The molecule has 0 radical (unpaired) electrons. The van der Waals surface area contributed by atoms with Crippen LogP contribution < -0.4 is 9.65 Å². The quantitative estimate of drug-likeness (QED) is 0.0656. The average molecular weight is 1450 g/mol. The van der Waals surface area contributed by atoms with Crippen molar-refractivity contribution in [2.24, 2.45) is 21.1 Å². The van der Waals surface area contributed by atoms with Crippen LogP contribution in [0.15, 0.2) is 37.2 Å². The fourth-order valence-corrected chi connectivity index (χ4v) is 10.2. The summed E-state index contributed by atoms with van der Waals surface area (Å²) in [6, 6.07) is 0. The molecule has 9 heterocycles. The molecule has 28 heteroatoms. The van der Waals surface area contributed by atoms with Gasteiger partial charge in [0.15, 0.2) is 0 Å². The number of terminal acetylenes is 1. The Bertz CT molecular complexity index is 4020. The van der Waals surface area contributed by atoms with E-state index in [-0.39, 0.29) is 56.2 Å². The second-order valence-corrected chi connectivity index (χ2v) is 41.3. The number of fused-ring (bicyclic) bond motifs is 3. The van der Waals surface area contributed by atoms with Crippen LogP contribution in [-0.4, -0.2) is 110 Å². The zero-order chi connectivity index (χ0) is 71.7. The van der Waals surface area contributed by atoms with Crippen LogP contribution in [0.3, 0.4) is 0 Å².